The van der Waals surface area contributed by atoms with Crippen LogP contribution in [0.15, 0.2) is 30.3 Å². The van der Waals surface area contributed by atoms with Gasteiger partial charge in [-0.05, 0) is 31.5 Å². The lowest BCUT2D eigenvalue weighted by Gasteiger charge is -2.36. The molecule has 1 saturated heterocycles. The Morgan fingerprint density at radius 3 is 2.23 bits per heavy atom. The summed E-state index contributed by atoms with van der Waals surface area (Å²) in [5.74, 6) is 0.721. The third kappa shape index (κ3) is 2.60. The summed E-state index contributed by atoms with van der Waals surface area (Å²) in [6, 6.07) is 12.7. The summed E-state index contributed by atoms with van der Waals surface area (Å²) in [6.45, 7) is 7.36. The lowest BCUT2D eigenvalue weighted by Crippen LogP contribution is -2.47. The monoisotopic (exact) mass is 293 g/mol. The van der Waals surface area contributed by atoms with E-state index in [1.807, 2.05) is 19.9 Å². The van der Waals surface area contributed by atoms with Crippen LogP contribution in [-0.4, -0.2) is 36.4 Å². The highest BCUT2D eigenvalue weighted by molar-refractivity contribution is 5.58. The number of aryl methyl sites for hydroxylation is 1. The average molecular weight is 293 g/mol. The van der Waals surface area contributed by atoms with Crippen molar-refractivity contribution in [3.05, 3.63) is 47.2 Å². The van der Waals surface area contributed by atoms with E-state index in [1.165, 1.54) is 5.69 Å². The van der Waals surface area contributed by atoms with E-state index in [1.54, 1.807) is 0 Å². The van der Waals surface area contributed by atoms with Gasteiger partial charge in [-0.15, -0.1) is 5.10 Å². The number of aromatic nitrogens is 2. The molecule has 1 aliphatic heterocycles. The van der Waals surface area contributed by atoms with Crippen LogP contribution in [0.25, 0.3) is 0 Å². The molecule has 0 amide bonds. The van der Waals surface area contributed by atoms with Crippen LogP contribution in [0.1, 0.15) is 16.8 Å². The molecule has 5 heteroatoms. The number of rotatable bonds is 2. The number of benzene rings is 1. The Morgan fingerprint density at radius 1 is 0.955 bits per heavy atom. The predicted octanol–water partition coefficient (Wildman–Crippen LogP) is 2.29. The highest BCUT2D eigenvalue weighted by Crippen LogP contribution is 2.23. The van der Waals surface area contributed by atoms with Crippen molar-refractivity contribution in [3.8, 4) is 6.07 Å². The van der Waals surface area contributed by atoms with Gasteiger partial charge in [0.15, 0.2) is 5.82 Å². The minimum atomic E-state index is 0.653. The second-order valence-electron chi connectivity index (χ2n) is 5.53. The smallest absolute Gasteiger partial charge is 0.169 e. The Kier molecular flexibility index (Phi) is 3.92. The molecule has 0 saturated carbocycles. The number of nitriles is 1. The van der Waals surface area contributed by atoms with Crippen LogP contribution in [0.4, 0.5) is 11.5 Å². The van der Waals surface area contributed by atoms with Crippen LogP contribution < -0.4 is 9.80 Å². The molecule has 1 aromatic heterocycles. The molecule has 2 heterocycles. The molecular formula is C17H19N5. The van der Waals surface area contributed by atoms with E-state index in [4.69, 9.17) is 0 Å². The fourth-order valence-electron chi connectivity index (χ4n) is 2.77. The Labute approximate surface area is 130 Å². The molecule has 3 rings (SSSR count). The van der Waals surface area contributed by atoms with Gasteiger partial charge in [-0.1, -0.05) is 18.2 Å². The third-order valence-electron chi connectivity index (χ3n) is 4.25. The zero-order chi connectivity index (χ0) is 15.5. The first-order valence-electron chi connectivity index (χ1n) is 7.49. The van der Waals surface area contributed by atoms with Gasteiger partial charge in [0.2, 0.25) is 0 Å². The molecule has 2 aromatic rings. The fraction of sp³-hybridized carbons (Fsp3) is 0.353. The molecule has 0 radical (unpaired) electrons. The van der Waals surface area contributed by atoms with E-state index < -0.39 is 0 Å². The minimum absolute atomic E-state index is 0.653. The van der Waals surface area contributed by atoms with Gasteiger partial charge in [0.05, 0.1) is 5.69 Å². The zero-order valence-corrected chi connectivity index (χ0v) is 13.0. The molecular weight excluding hydrogens is 274 g/mol. The van der Waals surface area contributed by atoms with E-state index in [0.29, 0.717) is 5.56 Å². The molecule has 0 atom stereocenters. The SMILES string of the molecule is Cc1nnc(N2CCN(c3ccccc3)CC2)c(C#N)c1C. The third-order valence-corrected chi connectivity index (χ3v) is 4.25. The molecule has 22 heavy (non-hydrogen) atoms. The Morgan fingerprint density at radius 2 is 1.59 bits per heavy atom. The Bertz CT molecular complexity index is 697. The van der Waals surface area contributed by atoms with Crippen LogP contribution in [0.5, 0.6) is 0 Å². The lowest BCUT2D eigenvalue weighted by molar-refractivity contribution is 0.641. The summed E-state index contributed by atoms with van der Waals surface area (Å²) < 4.78 is 0. The molecule has 0 unspecified atom stereocenters. The highest BCUT2D eigenvalue weighted by Gasteiger charge is 2.22. The molecule has 112 valence electrons. The molecule has 5 nitrogen and oxygen atoms in total. The fourth-order valence-corrected chi connectivity index (χ4v) is 2.77. The van der Waals surface area contributed by atoms with E-state index in [2.05, 4.69) is 50.3 Å². The molecule has 0 aliphatic carbocycles. The summed E-state index contributed by atoms with van der Waals surface area (Å²) in [7, 11) is 0. The second-order valence-corrected chi connectivity index (χ2v) is 5.53. The highest BCUT2D eigenvalue weighted by atomic mass is 15.3. The van der Waals surface area contributed by atoms with Crippen molar-refractivity contribution < 1.29 is 0 Å². The van der Waals surface area contributed by atoms with Crippen molar-refractivity contribution in [3.63, 3.8) is 0 Å². The van der Waals surface area contributed by atoms with Gasteiger partial charge >= 0.3 is 0 Å². The summed E-state index contributed by atoms with van der Waals surface area (Å²) in [4.78, 5) is 4.52. The second kappa shape index (κ2) is 6.02. The largest absolute Gasteiger partial charge is 0.368 e. The maximum atomic E-state index is 9.43. The summed E-state index contributed by atoms with van der Waals surface area (Å²) in [5, 5.41) is 17.9. The van der Waals surface area contributed by atoms with Crippen molar-refractivity contribution >= 4 is 11.5 Å². The number of nitrogens with zero attached hydrogens (tertiary/aromatic N) is 5. The van der Waals surface area contributed by atoms with Crippen molar-refractivity contribution in [2.75, 3.05) is 36.0 Å². The minimum Gasteiger partial charge on any atom is -0.368 e. The molecule has 0 bridgehead atoms. The molecule has 0 N–H and O–H groups in total. The van der Waals surface area contributed by atoms with Crippen molar-refractivity contribution in [2.24, 2.45) is 0 Å². The van der Waals surface area contributed by atoms with Crippen molar-refractivity contribution in [1.29, 1.82) is 5.26 Å². The number of para-hydroxylation sites is 1. The first-order chi connectivity index (χ1) is 10.7. The summed E-state index contributed by atoms with van der Waals surface area (Å²) in [6.07, 6.45) is 0. The summed E-state index contributed by atoms with van der Waals surface area (Å²) >= 11 is 0. The van der Waals surface area contributed by atoms with Crippen LogP contribution in [0.2, 0.25) is 0 Å². The number of piperazine rings is 1. The molecule has 0 spiro atoms. The number of anilines is 2. The van der Waals surface area contributed by atoms with Gasteiger partial charge in [-0.2, -0.15) is 10.4 Å². The van der Waals surface area contributed by atoms with Crippen molar-refractivity contribution in [2.45, 2.75) is 13.8 Å². The quantitative estimate of drug-likeness (QED) is 0.850. The van der Waals surface area contributed by atoms with Gasteiger partial charge in [-0.25, -0.2) is 0 Å². The maximum Gasteiger partial charge on any atom is 0.169 e. The van der Waals surface area contributed by atoms with E-state index in [0.717, 1.165) is 43.3 Å². The van der Waals surface area contributed by atoms with Crippen LogP contribution in [0, 0.1) is 25.2 Å². The topological polar surface area (TPSA) is 56.1 Å². The van der Waals surface area contributed by atoms with E-state index in [9.17, 15) is 5.26 Å². The van der Waals surface area contributed by atoms with Crippen LogP contribution in [-0.2, 0) is 0 Å². The Balaban J connectivity index is 1.78. The van der Waals surface area contributed by atoms with E-state index in [-0.39, 0.29) is 0 Å². The predicted molar refractivity (Wildman–Crippen MR) is 87.1 cm³/mol. The first kappa shape index (κ1) is 14.3. The van der Waals surface area contributed by atoms with Gasteiger partial charge < -0.3 is 9.80 Å². The molecule has 1 aliphatic rings. The van der Waals surface area contributed by atoms with Gasteiger partial charge in [0, 0.05) is 31.9 Å². The average Bonchev–Trinajstić information content (AvgIpc) is 2.58. The van der Waals surface area contributed by atoms with Gasteiger partial charge in [0.25, 0.3) is 0 Å². The normalized spacial score (nSPS) is 14.8. The molecule has 1 fully saturated rings. The van der Waals surface area contributed by atoms with Gasteiger partial charge in [-0.3, -0.25) is 0 Å². The van der Waals surface area contributed by atoms with Crippen molar-refractivity contribution in [1.82, 2.24) is 10.2 Å². The zero-order valence-electron chi connectivity index (χ0n) is 13.0. The van der Waals surface area contributed by atoms with Crippen LogP contribution >= 0.6 is 0 Å². The van der Waals surface area contributed by atoms with E-state index >= 15 is 0 Å². The lowest BCUT2D eigenvalue weighted by atomic mass is 10.1. The number of hydrogen-bond donors (Lipinski definition) is 0. The molecule has 1 aromatic carbocycles. The number of hydrogen-bond acceptors (Lipinski definition) is 5. The Hall–Kier alpha value is -2.61. The maximum absolute atomic E-state index is 9.43. The standard InChI is InChI=1S/C17H19N5/c1-13-14(2)19-20-17(16(13)12-18)22-10-8-21(9-11-22)15-6-4-3-5-7-15/h3-7H,8-11H2,1-2H3. The van der Waals surface area contributed by atoms with Crippen LogP contribution in [0.3, 0.4) is 0 Å². The first-order valence-corrected chi connectivity index (χ1v) is 7.49. The van der Waals surface area contributed by atoms with Gasteiger partial charge in [0.1, 0.15) is 11.6 Å². The summed E-state index contributed by atoms with van der Waals surface area (Å²) in [5.41, 5.74) is 3.65.